The van der Waals surface area contributed by atoms with Crippen LogP contribution >= 0.6 is 15.9 Å². The number of imidazole rings is 2. The fraction of sp³-hybridized carbons (Fsp3) is 0. The van der Waals surface area contributed by atoms with Gasteiger partial charge >= 0.3 is 5.97 Å². The van der Waals surface area contributed by atoms with Crippen molar-refractivity contribution in [1.29, 1.82) is 0 Å². The SMILES string of the molecule is O=C(O)c1cn2c(nc3c(Br)cccc32)[nH]1. The largest absolute Gasteiger partial charge is 0.477 e. The van der Waals surface area contributed by atoms with Crippen molar-refractivity contribution in [3.05, 3.63) is 34.6 Å². The second-order valence-electron chi connectivity index (χ2n) is 3.39. The van der Waals surface area contributed by atoms with Crippen molar-refractivity contribution in [3.63, 3.8) is 0 Å². The Morgan fingerprint density at radius 2 is 2.31 bits per heavy atom. The lowest BCUT2D eigenvalue weighted by atomic mass is 10.3. The highest BCUT2D eigenvalue weighted by Crippen LogP contribution is 2.24. The van der Waals surface area contributed by atoms with Crippen LogP contribution in [0.3, 0.4) is 0 Å². The van der Waals surface area contributed by atoms with Gasteiger partial charge in [-0.25, -0.2) is 9.78 Å². The highest BCUT2D eigenvalue weighted by Gasteiger charge is 2.12. The molecular weight excluding hydrogens is 274 g/mol. The molecule has 3 aromatic rings. The van der Waals surface area contributed by atoms with E-state index >= 15 is 0 Å². The molecule has 0 amide bonds. The Hall–Kier alpha value is -1.82. The number of benzene rings is 1. The van der Waals surface area contributed by atoms with Crippen LogP contribution in [-0.2, 0) is 0 Å². The summed E-state index contributed by atoms with van der Waals surface area (Å²) in [5, 5.41) is 8.85. The van der Waals surface area contributed by atoms with Crippen molar-refractivity contribution < 1.29 is 9.90 Å². The Balaban J connectivity index is 2.43. The highest BCUT2D eigenvalue weighted by molar-refractivity contribution is 9.10. The van der Waals surface area contributed by atoms with Gasteiger partial charge in [-0.1, -0.05) is 6.07 Å². The third kappa shape index (κ3) is 1.16. The van der Waals surface area contributed by atoms with Gasteiger partial charge in [0.15, 0.2) is 0 Å². The standard InChI is InChI=1S/C10H6BrN3O2/c11-5-2-1-3-7-8(5)13-10-12-6(9(15)16)4-14(7)10/h1-4H,(H,12,13)(H,15,16). The van der Waals surface area contributed by atoms with Crippen molar-refractivity contribution in [3.8, 4) is 0 Å². The second kappa shape index (κ2) is 3.08. The molecule has 2 N–H and O–H groups in total. The van der Waals surface area contributed by atoms with Crippen LogP contribution in [0.2, 0.25) is 0 Å². The van der Waals surface area contributed by atoms with Crippen LogP contribution in [0.25, 0.3) is 16.8 Å². The van der Waals surface area contributed by atoms with Crippen LogP contribution in [0.15, 0.2) is 28.9 Å². The maximum atomic E-state index is 10.8. The molecule has 0 atom stereocenters. The maximum Gasteiger partial charge on any atom is 0.353 e. The summed E-state index contributed by atoms with van der Waals surface area (Å²) in [5.74, 6) is -0.465. The average Bonchev–Trinajstić information content (AvgIpc) is 2.76. The smallest absolute Gasteiger partial charge is 0.353 e. The number of nitrogens with zero attached hydrogens (tertiary/aromatic N) is 2. The number of halogens is 1. The average molecular weight is 280 g/mol. The summed E-state index contributed by atoms with van der Waals surface area (Å²) in [6, 6.07) is 5.67. The van der Waals surface area contributed by atoms with Crippen LogP contribution in [-0.4, -0.2) is 25.4 Å². The van der Waals surface area contributed by atoms with Crippen LogP contribution < -0.4 is 0 Å². The van der Waals surface area contributed by atoms with Crippen molar-refractivity contribution >= 4 is 38.7 Å². The molecule has 0 saturated heterocycles. The van der Waals surface area contributed by atoms with E-state index in [-0.39, 0.29) is 5.69 Å². The van der Waals surface area contributed by atoms with E-state index in [0.717, 1.165) is 15.5 Å². The van der Waals surface area contributed by atoms with E-state index in [1.54, 1.807) is 4.40 Å². The number of carboxylic acid groups (broad SMARTS) is 1. The third-order valence-electron chi connectivity index (χ3n) is 2.41. The van der Waals surface area contributed by atoms with E-state index in [2.05, 4.69) is 25.9 Å². The zero-order valence-electron chi connectivity index (χ0n) is 7.94. The van der Waals surface area contributed by atoms with Gasteiger partial charge in [-0.05, 0) is 28.1 Å². The molecule has 0 unspecified atom stereocenters. The molecule has 0 aliphatic rings. The number of carboxylic acids is 1. The van der Waals surface area contributed by atoms with E-state index < -0.39 is 5.97 Å². The lowest BCUT2D eigenvalue weighted by molar-refractivity contribution is 0.0691. The second-order valence-corrected chi connectivity index (χ2v) is 4.24. The number of aromatic nitrogens is 3. The van der Waals surface area contributed by atoms with Gasteiger partial charge < -0.3 is 10.1 Å². The number of hydrogen-bond acceptors (Lipinski definition) is 2. The summed E-state index contributed by atoms with van der Waals surface area (Å²) in [4.78, 5) is 17.8. The first-order valence-electron chi connectivity index (χ1n) is 4.55. The molecule has 80 valence electrons. The molecule has 0 radical (unpaired) electrons. The van der Waals surface area contributed by atoms with Gasteiger partial charge in [-0.15, -0.1) is 0 Å². The topological polar surface area (TPSA) is 70.4 Å². The minimum absolute atomic E-state index is 0.129. The van der Waals surface area contributed by atoms with Crippen molar-refractivity contribution in [2.45, 2.75) is 0 Å². The van der Waals surface area contributed by atoms with Crippen molar-refractivity contribution in [1.82, 2.24) is 14.4 Å². The Kier molecular flexibility index (Phi) is 1.81. The van der Waals surface area contributed by atoms with Crippen molar-refractivity contribution in [2.75, 3.05) is 0 Å². The molecule has 0 spiro atoms. The lowest BCUT2D eigenvalue weighted by Crippen LogP contribution is -1.95. The number of hydrogen-bond donors (Lipinski definition) is 2. The predicted octanol–water partition coefficient (Wildman–Crippen LogP) is 2.28. The molecule has 0 aliphatic carbocycles. The predicted molar refractivity (Wildman–Crippen MR) is 61.7 cm³/mol. The van der Waals surface area contributed by atoms with E-state index in [1.807, 2.05) is 18.2 Å². The first-order valence-corrected chi connectivity index (χ1v) is 5.35. The summed E-state index contributed by atoms with van der Waals surface area (Å²) in [5.41, 5.74) is 1.81. The molecule has 0 fully saturated rings. The number of para-hydroxylation sites is 1. The normalized spacial score (nSPS) is 11.3. The highest BCUT2D eigenvalue weighted by atomic mass is 79.9. The molecule has 3 rings (SSSR count). The van der Waals surface area contributed by atoms with E-state index in [0.29, 0.717) is 5.78 Å². The van der Waals surface area contributed by atoms with E-state index in [4.69, 9.17) is 5.11 Å². The molecule has 0 aliphatic heterocycles. The first-order chi connectivity index (χ1) is 7.66. The summed E-state index contributed by atoms with van der Waals surface area (Å²) >= 11 is 3.40. The Morgan fingerprint density at radius 1 is 1.50 bits per heavy atom. The van der Waals surface area contributed by atoms with E-state index in [9.17, 15) is 4.79 Å². The minimum atomic E-state index is -0.992. The summed E-state index contributed by atoms with van der Waals surface area (Å²) in [6.07, 6.45) is 1.53. The van der Waals surface area contributed by atoms with Crippen LogP contribution in [0, 0.1) is 0 Å². The quantitative estimate of drug-likeness (QED) is 0.718. The zero-order chi connectivity index (χ0) is 11.3. The zero-order valence-corrected chi connectivity index (χ0v) is 9.52. The first kappa shape index (κ1) is 9.41. The number of fused-ring (bicyclic) bond motifs is 3. The van der Waals surface area contributed by atoms with Crippen LogP contribution in [0.1, 0.15) is 10.5 Å². The Bertz CT molecular complexity index is 713. The number of rotatable bonds is 1. The van der Waals surface area contributed by atoms with Crippen LogP contribution in [0.4, 0.5) is 0 Å². The molecule has 0 bridgehead atoms. The summed E-state index contributed by atoms with van der Waals surface area (Å²) in [7, 11) is 0. The maximum absolute atomic E-state index is 10.8. The van der Waals surface area contributed by atoms with E-state index in [1.165, 1.54) is 6.20 Å². The number of carbonyl (C=O) groups is 1. The molecule has 1 aromatic carbocycles. The fourth-order valence-corrected chi connectivity index (χ4v) is 2.14. The third-order valence-corrected chi connectivity index (χ3v) is 3.05. The lowest BCUT2D eigenvalue weighted by Gasteiger charge is -1.91. The summed E-state index contributed by atoms with van der Waals surface area (Å²) in [6.45, 7) is 0. The molecular formula is C10H6BrN3O2. The van der Waals surface area contributed by atoms with Gasteiger partial charge in [-0.2, -0.15) is 0 Å². The Labute approximate surface area is 97.8 Å². The number of aromatic amines is 1. The molecule has 5 nitrogen and oxygen atoms in total. The molecule has 2 heterocycles. The Morgan fingerprint density at radius 3 is 3.06 bits per heavy atom. The fourth-order valence-electron chi connectivity index (χ4n) is 1.69. The molecule has 2 aromatic heterocycles. The van der Waals surface area contributed by atoms with Crippen molar-refractivity contribution in [2.24, 2.45) is 0 Å². The molecule has 0 saturated carbocycles. The number of H-pyrrole nitrogens is 1. The summed E-state index contributed by atoms with van der Waals surface area (Å²) < 4.78 is 2.61. The van der Waals surface area contributed by atoms with Gasteiger partial charge in [0.05, 0.1) is 5.52 Å². The van der Waals surface area contributed by atoms with Crippen LogP contribution in [0.5, 0.6) is 0 Å². The van der Waals surface area contributed by atoms with Gasteiger partial charge in [0.2, 0.25) is 5.78 Å². The van der Waals surface area contributed by atoms with Gasteiger partial charge in [0.1, 0.15) is 11.2 Å². The molecule has 6 heteroatoms. The molecule has 16 heavy (non-hydrogen) atoms. The minimum Gasteiger partial charge on any atom is -0.477 e. The number of aromatic carboxylic acids is 1. The monoisotopic (exact) mass is 279 g/mol. The number of nitrogens with one attached hydrogen (secondary N) is 1. The van der Waals surface area contributed by atoms with Gasteiger partial charge in [0.25, 0.3) is 0 Å². The van der Waals surface area contributed by atoms with Gasteiger partial charge in [-0.3, -0.25) is 4.40 Å². The van der Waals surface area contributed by atoms with Gasteiger partial charge in [0, 0.05) is 10.7 Å².